The first-order valence-corrected chi connectivity index (χ1v) is 16.9. The lowest BCUT2D eigenvalue weighted by Crippen LogP contribution is -1.94. The van der Waals surface area contributed by atoms with Crippen LogP contribution in [0.1, 0.15) is 0 Å². The van der Waals surface area contributed by atoms with E-state index in [1.807, 2.05) is 29.7 Å². The number of furan rings is 1. The fourth-order valence-electron chi connectivity index (χ4n) is 7.61. The number of hydrogen-bond donors (Lipinski definition) is 0. The Bertz CT molecular complexity index is 3080. The minimum Gasteiger partial charge on any atom is -0.456 e. The molecule has 0 saturated carbocycles. The van der Waals surface area contributed by atoms with Gasteiger partial charge in [-0.15, -0.1) is 11.3 Å². The Morgan fingerprint density at radius 2 is 1.17 bits per heavy atom. The number of thiophene rings is 1. The molecule has 11 rings (SSSR count). The third-order valence-corrected chi connectivity index (χ3v) is 11.0. The lowest BCUT2D eigenvalue weighted by atomic mass is 10.0. The van der Waals surface area contributed by atoms with Gasteiger partial charge in [0.15, 0.2) is 0 Å². The van der Waals surface area contributed by atoms with Crippen molar-refractivity contribution in [1.29, 1.82) is 0 Å². The molecule has 5 aromatic heterocycles. The van der Waals surface area contributed by atoms with Gasteiger partial charge in [0, 0.05) is 42.9 Å². The third kappa shape index (κ3) is 3.62. The van der Waals surface area contributed by atoms with Crippen molar-refractivity contribution in [3.8, 4) is 27.3 Å². The van der Waals surface area contributed by atoms with Crippen LogP contribution < -0.4 is 0 Å². The molecular formula is C43H25N3OS. The molecule has 0 fully saturated rings. The number of para-hydroxylation sites is 3. The molecule has 5 heterocycles. The molecule has 0 spiro atoms. The van der Waals surface area contributed by atoms with Crippen LogP contribution in [0.15, 0.2) is 156 Å². The Kier molecular flexibility index (Phi) is 5.23. The summed E-state index contributed by atoms with van der Waals surface area (Å²) in [6.07, 6.45) is 1.90. The lowest BCUT2D eigenvalue weighted by Gasteiger charge is -2.10. The number of pyridine rings is 1. The highest BCUT2D eigenvalue weighted by Crippen LogP contribution is 2.42. The van der Waals surface area contributed by atoms with E-state index in [4.69, 9.17) is 4.42 Å². The molecule has 48 heavy (non-hydrogen) atoms. The molecule has 0 aliphatic heterocycles. The molecule has 0 aliphatic rings. The van der Waals surface area contributed by atoms with Crippen molar-refractivity contribution in [2.75, 3.05) is 0 Å². The topological polar surface area (TPSA) is 35.4 Å². The quantitative estimate of drug-likeness (QED) is 0.194. The van der Waals surface area contributed by atoms with Crippen molar-refractivity contribution in [1.82, 2.24) is 14.2 Å². The highest BCUT2D eigenvalue weighted by Gasteiger charge is 2.17. The molecule has 11 aromatic rings. The third-order valence-electron chi connectivity index (χ3n) is 9.80. The number of rotatable bonds is 3. The molecule has 0 N–H and O–H groups in total. The second-order valence-corrected chi connectivity index (χ2v) is 13.5. The molecule has 0 aliphatic carbocycles. The SMILES string of the molecule is c1cc(-c2cc3c4ccccc4n4nccc4c3s2)cc(-n2c3ccccc3c3cc(-c4ccc5oc6ccccc6c5c4)ccc32)c1. The van der Waals surface area contributed by atoms with Gasteiger partial charge in [-0.1, -0.05) is 78.9 Å². The summed E-state index contributed by atoms with van der Waals surface area (Å²) in [5.41, 5.74) is 11.2. The Hall–Kier alpha value is -6.17. The number of fused-ring (bicyclic) bond motifs is 12. The maximum absolute atomic E-state index is 6.11. The minimum atomic E-state index is 0.916. The van der Waals surface area contributed by atoms with Gasteiger partial charge in [0.05, 0.1) is 33.0 Å². The summed E-state index contributed by atoms with van der Waals surface area (Å²) in [6.45, 7) is 0. The second kappa shape index (κ2) is 9.67. The van der Waals surface area contributed by atoms with Crippen molar-refractivity contribution in [3.05, 3.63) is 152 Å². The van der Waals surface area contributed by atoms with Crippen LogP contribution in [0.3, 0.4) is 0 Å². The maximum Gasteiger partial charge on any atom is 0.135 e. The molecule has 5 heteroatoms. The number of aromatic nitrogens is 3. The van der Waals surface area contributed by atoms with Gasteiger partial charge in [0.25, 0.3) is 0 Å². The zero-order valence-electron chi connectivity index (χ0n) is 25.6. The highest BCUT2D eigenvalue weighted by atomic mass is 32.1. The summed E-state index contributed by atoms with van der Waals surface area (Å²) < 4.78 is 11.8. The van der Waals surface area contributed by atoms with Gasteiger partial charge in [-0.2, -0.15) is 5.10 Å². The van der Waals surface area contributed by atoms with Gasteiger partial charge in [-0.05, 0) is 83.4 Å². The van der Waals surface area contributed by atoms with Crippen LogP contribution in [0, 0.1) is 0 Å². The van der Waals surface area contributed by atoms with Gasteiger partial charge < -0.3 is 8.98 Å². The fraction of sp³-hybridized carbons (Fsp3) is 0. The summed E-state index contributed by atoms with van der Waals surface area (Å²) in [4.78, 5) is 1.25. The largest absolute Gasteiger partial charge is 0.456 e. The van der Waals surface area contributed by atoms with E-state index in [2.05, 4.69) is 148 Å². The van der Waals surface area contributed by atoms with Crippen LogP contribution >= 0.6 is 11.3 Å². The first-order chi connectivity index (χ1) is 23.8. The fourth-order valence-corrected chi connectivity index (χ4v) is 8.79. The van der Waals surface area contributed by atoms with E-state index in [9.17, 15) is 0 Å². The summed E-state index contributed by atoms with van der Waals surface area (Å²) >= 11 is 1.84. The Morgan fingerprint density at radius 3 is 2.06 bits per heavy atom. The first kappa shape index (κ1) is 26.0. The van der Waals surface area contributed by atoms with E-state index in [0.717, 1.165) is 38.7 Å². The summed E-state index contributed by atoms with van der Waals surface area (Å²) in [6, 6.07) is 52.4. The summed E-state index contributed by atoms with van der Waals surface area (Å²) in [7, 11) is 0. The molecule has 0 unspecified atom stereocenters. The number of hydrogen-bond acceptors (Lipinski definition) is 3. The minimum absolute atomic E-state index is 0.916. The predicted octanol–water partition coefficient (Wildman–Crippen LogP) is 12.0. The van der Waals surface area contributed by atoms with Crippen molar-refractivity contribution in [3.63, 3.8) is 0 Å². The van der Waals surface area contributed by atoms with Crippen LogP contribution in [-0.2, 0) is 0 Å². The van der Waals surface area contributed by atoms with Gasteiger partial charge in [0.2, 0.25) is 0 Å². The van der Waals surface area contributed by atoms with E-state index in [-0.39, 0.29) is 0 Å². The van der Waals surface area contributed by atoms with E-state index in [1.165, 1.54) is 58.8 Å². The average molecular weight is 632 g/mol. The molecule has 6 aromatic carbocycles. The van der Waals surface area contributed by atoms with E-state index < -0.39 is 0 Å². The van der Waals surface area contributed by atoms with Crippen LogP contribution in [-0.4, -0.2) is 14.2 Å². The van der Waals surface area contributed by atoms with Crippen molar-refractivity contribution in [2.24, 2.45) is 0 Å². The Morgan fingerprint density at radius 1 is 0.458 bits per heavy atom. The van der Waals surface area contributed by atoms with Crippen LogP contribution in [0.4, 0.5) is 0 Å². The van der Waals surface area contributed by atoms with Crippen molar-refractivity contribution >= 4 is 81.6 Å². The van der Waals surface area contributed by atoms with Gasteiger partial charge in [-0.25, -0.2) is 4.52 Å². The zero-order valence-corrected chi connectivity index (χ0v) is 26.4. The Labute approximate surface area is 278 Å². The van der Waals surface area contributed by atoms with Crippen LogP contribution in [0.25, 0.3) is 97.5 Å². The molecule has 0 amide bonds. The summed E-state index contributed by atoms with van der Waals surface area (Å²) in [5.74, 6) is 0. The first-order valence-electron chi connectivity index (χ1n) is 16.1. The number of benzene rings is 6. The summed E-state index contributed by atoms with van der Waals surface area (Å²) in [5, 5.41) is 11.9. The van der Waals surface area contributed by atoms with Crippen molar-refractivity contribution < 1.29 is 4.42 Å². The van der Waals surface area contributed by atoms with Crippen LogP contribution in [0.5, 0.6) is 0 Å². The monoisotopic (exact) mass is 631 g/mol. The zero-order chi connectivity index (χ0) is 31.3. The molecule has 224 valence electrons. The van der Waals surface area contributed by atoms with E-state index in [1.54, 1.807) is 0 Å². The molecule has 0 atom stereocenters. The lowest BCUT2D eigenvalue weighted by molar-refractivity contribution is 0.669. The molecular weight excluding hydrogens is 607 g/mol. The van der Waals surface area contributed by atoms with Gasteiger partial charge in [-0.3, -0.25) is 0 Å². The number of nitrogens with zero attached hydrogens (tertiary/aromatic N) is 3. The normalized spacial score (nSPS) is 12.2. The molecule has 4 nitrogen and oxygen atoms in total. The smallest absolute Gasteiger partial charge is 0.135 e. The predicted molar refractivity (Wildman–Crippen MR) is 201 cm³/mol. The van der Waals surface area contributed by atoms with E-state index >= 15 is 0 Å². The van der Waals surface area contributed by atoms with Crippen molar-refractivity contribution in [2.45, 2.75) is 0 Å². The van der Waals surface area contributed by atoms with Gasteiger partial charge >= 0.3 is 0 Å². The average Bonchev–Trinajstić information content (AvgIpc) is 3.94. The Balaban J connectivity index is 1.08. The van der Waals surface area contributed by atoms with Crippen LogP contribution in [0.2, 0.25) is 0 Å². The standard InChI is InChI=1S/C43H25N3OS/c1-4-13-36-30(10-1)33-23-26(27-17-19-41-34(24-27)32-12-3-6-15-40(32)47-41)16-18-37(33)45(36)29-9-7-8-28(22-29)42-25-35-31-11-2-5-14-38(31)46-39(20-21-44-46)43(35)48-42/h1-25H. The van der Waals surface area contributed by atoms with E-state index in [0.29, 0.717) is 0 Å². The highest BCUT2D eigenvalue weighted by molar-refractivity contribution is 7.23. The molecule has 0 bridgehead atoms. The molecule has 0 radical (unpaired) electrons. The second-order valence-electron chi connectivity index (χ2n) is 12.4. The van der Waals surface area contributed by atoms with Gasteiger partial charge in [0.1, 0.15) is 11.2 Å². The molecule has 0 saturated heterocycles. The maximum atomic E-state index is 6.11.